The number of hydrogen-bond donors (Lipinski definition) is 1. The third-order valence-electron chi connectivity index (χ3n) is 2.18. The molecule has 0 spiro atoms. The van der Waals surface area contributed by atoms with Gasteiger partial charge in [0.25, 0.3) is 0 Å². The monoisotopic (exact) mass is 247 g/mol. The number of rotatable bonds is 3. The highest BCUT2D eigenvalue weighted by Crippen LogP contribution is 2.20. The molecule has 1 rings (SSSR count). The SMILES string of the molecule is CC(N)c1ccc(SCC#CC(C)(C)C)cc1. The molecule has 0 aliphatic carbocycles. The first-order chi connectivity index (χ1) is 7.88. The molecule has 1 unspecified atom stereocenters. The minimum atomic E-state index is 0.0966. The van der Waals surface area contributed by atoms with Crippen molar-refractivity contribution in [2.75, 3.05) is 5.75 Å². The molecule has 2 heteroatoms. The largest absolute Gasteiger partial charge is 0.324 e. The second-order valence-corrected chi connectivity index (χ2v) is 6.25. The summed E-state index contributed by atoms with van der Waals surface area (Å²) in [5.74, 6) is 7.27. The van der Waals surface area contributed by atoms with Gasteiger partial charge >= 0.3 is 0 Å². The maximum Gasteiger partial charge on any atom is 0.0594 e. The average Bonchev–Trinajstić information content (AvgIpc) is 2.24. The lowest BCUT2D eigenvalue weighted by atomic mass is 9.98. The third kappa shape index (κ3) is 5.81. The van der Waals surface area contributed by atoms with Gasteiger partial charge in [0.05, 0.1) is 5.75 Å². The van der Waals surface area contributed by atoms with Crippen LogP contribution in [0.4, 0.5) is 0 Å². The van der Waals surface area contributed by atoms with Crippen molar-refractivity contribution >= 4 is 11.8 Å². The molecule has 0 heterocycles. The predicted molar refractivity (Wildman–Crippen MR) is 77.0 cm³/mol. The van der Waals surface area contributed by atoms with Crippen LogP contribution in [0, 0.1) is 17.3 Å². The van der Waals surface area contributed by atoms with E-state index in [1.165, 1.54) is 10.5 Å². The standard InChI is InChI=1S/C15H21NS/c1-12(16)13-6-8-14(9-7-13)17-11-5-10-15(2,3)4/h6-9,12H,11,16H2,1-4H3. The molecule has 0 bridgehead atoms. The molecule has 17 heavy (non-hydrogen) atoms. The lowest BCUT2D eigenvalue weighted by Crippen LogP contribution is -2.04. The Labute approximate surface area is 109 Å². The van der Waals surface area contributed by atoms with Crippen molar-refractivity contribution in [3.8, 4) is 11.8 Å². The molecule has 0 saturated carbocycles. The van der Waals surface area contributed by atoms with Gasteiger partial charge in [-0.3, -0.25) is 0 Å². The highest BCUT2D eigenvalue weighted by atomic mass is 32.2. The van der Waals surface area contributed by atoms with E-state index in [4.69, 9.17) is 5.73 Å². The van der Waals surface area contributed by atoms with Gasteiger partial charge in [-0.05, 0) is 45.4 Å². The van der Waals surface area contributed by atoms with Crippen molar-refractivity contribution in [1.29, 1.82) is 0 Å². The molecule has 0 radical (unpaired) electrons. The summed E-state index contributed by atoms with van der Waals surface area (Å²) in [5, 5.41) is 0. The zero-order valence-corrected chi connectivity index (χ0v) is 11.9. The molecule has 1 aromatic rings. The Kier molecular flexibility index (Phi) is 5.11. The molecule has 0 aromatic heterocycles. The van der Waals surface area contributed by atoms with Gasteiger partial charge in [0.2, 0.25) is 0 Å². The molecule has 1 aromatic carbocycles. The molecular weight excluding hydrogens is 226 g/mol. The summed E-state index contributed by atoms with van der Waals surface area (Å²) in [6, 6.07) is 8.51. The first-order valence-corrected chi connectivity index (χ1v) is 6.85. The topological polar surface area (TPSA) is 26.0 Å². The smallest absolute Gasteiger partial charge is 0.0594 e. The van der Waals surface area contributed by atoms with E-state index in [0.29, 0.717) is 0 Å². The van der Waals surface area contributed by atoms with Crippen molar-refractivity contribution in [3.05, 3.63) is 29.8 Å². The van der Waals surface area contributed by atoms with E-state index in [0.717, 1.165) is 5.75 Å². The van der Waals surface area contributed by atoms with E-state index >= 15 is 0 Å². The fourth-order valence-electron chi connectivity index (χ4n) is 1.29. The second kappa shape index (κ2) is 6.14. The van der Waals surface area contributed by atoms with Crippen molar-refractivity contribution in [1.82, 2.24) is 0 Å². The highest BCUT2D eigenvalue weighted by molar-refractivity contribution is 7.99. The van der Waals surface area contributed by atoms with Gasteiger partial charge in [-0.1, -0.05) is 24.0 Å². The Bertz CT molecular complexity index is 401. The first kappa shape index (κ1) is 14.2. The summed E-state index contributed by atoms with van der Waals surface area (Å²) in [5.41, 5.74) is 7.08. The summed E-state index contributed by atoms with van der Waals surface area (Å²) in [7, 11) is 0. The molecule has 92 valence electrons. The fraction of sp³-hybridized carbons (Fsp3) is 0.467. The first-order valence-electron chi connectivity index (χ1n) is 5.87. The third-order valence-corrected chi connectivity index (χ3v) is 3.07. The number of nitrogens with two attached hydrogens (primary N) is 1. The zero-order valence-electron chi connectivity index (χ0n) is 11.1. The van der Waals surface area contributed by atoms with Crippen LogP contribution in [0.15, 0.2) is 29.2 Å². The second-order valence-electron chi connectivity index (χ2n) is 5.20. The van der Waals surface area contributed by atoms with Crippen LogP contribution in [0.1, 0.15) is 39.3 Å². The maximum atomic E-state index is 5.80. The van der Waals surface area contributed by atoms with Crippen molar-refractivity contribution in [2.45, 2.75) is 38.6 Å². The van der Waals surface area contributed by atoms with Gasteiger partial charge in [0, 0.05) is 16.4 Å². The van der Waals surface area contributed by atoms with Crippen LogP contribution >= 0.6 is 11.8 Å². The van der Waals surface area contributed by atoms with E-state index in [1.807, 2.05) is 6.92 Å². The van der Waals surface area contributed by atoms with E-state index < -0.39 is 0 Å². The van der Waals surface area contributed by atoms with Gasteiger partial charge in [-0.15, -0.1) is 11.8 Å². The molecule has 0 aliphatic heterocycles. The molecule has 0 aliphatic rings. The zero-order chi connectivity index (χ0) is 12.9. The van der Waals surface area contributed by atoms with Crippen molar-refractivity contribution in [3.63, 3.8) is 0 Å². The molecule has 1 nitrogen and oxygen atoms in total. The average molecular weight is 247 g/mol. The summed E-state index contributed by atoms with van der Waals surface area (Å²) >= 11 is 1.77. The van der Waals surface area contributed by atoms with Crippen LogP contribution in [0.5, 0.6) is 0 Å². The highest BCUT2D eigenvalue weighted by Gasteiger charge is 2.03. The molecule has 0 fully saturated rings. The van der Waals surface area contributed by atoms with Crippen LogP contribution in [0.25, 0.3) is 0 Å². The Balaban J connectivity index is 2.50. The van der Waals surface area contributed by atoms with E-state index in [9.17, 15) is 0 Å². The molecule has 2 N–H and O–H groups in total. The molecular formula is C15H21NS. The van der Waals surface area contributed by atoms with E-state index in [1.54, 1.807) is 11.8 Å². The summed E-state index contributed by atoms with van der Waals surface area (Å²) in [6.45, 7) is 8.38. The van der Waals surface area contributed by atoms with Crippen LogP contribution < -0.4 is 5.73 Å². The number of hydrogen-bond acceptors (Lipinski definition) is 2. The molecule has 0 saturated heterocycles. The predicted octanol–water partition coefficient (Wildman–Crippen LogP) is 3.85. The summed E-state index contributed by atoms with van der Waals surface area (Å²) in [4.78, 5) is 1.25. The quantitative estimate of drug-likeness (QED) is 0.648. The maximum absolute atomic E-state index is 5.80. The van der Waals surface area contributed by atoms with E-state index in [-0.39, 0.29) is 11.5 Å². The van der Waals surface area contributed by atoms with Gasteiger partial charge < -0.3 is 5.73 Å². The lowest BCUT2D eigenvalue weighted by Gasteiger charge is -2.07. The van der Waals surface area contributed by atoms with Crippen LogP contribution in [-0.4, -0.2) is 5.75 Å². The molecule has 1 atom stereocenters. The van der Waals surface area contributed by atoms with Gasteiger partial charge in [-0.2, -0.15) is 0 Å². The Morgan fingerprint density at radius 1 is 1.24 bits per heavy atom. The van der Waals surface area contributed by atoms with Crippen molar-refractivity contribution in [2.24, 2.45) is 11.1 Å². The Morgan fingerprint density at radius 3 is 2.29 bits per heavy atom. The number of thioether (sulfide) groups is 1. The van der Waals surface area contributed by atoms with Crippen molar-refractivity contribution < 1.29 is 0 Å². The Morgan fingerprint density at radius 2 is 1.82 bits per heavy atom. The van der Waals surface area contributed by atoms with Gasteiger partial charge in [0.1, 0.15) is 0 Å². The minimum Gasteiger partial charge on any atom is -0.324 e. The summed E-state index contributed by atoms with van der Waals surface area (Å²) in [6.07, 6.45) is 0. The summed E-state index contributed by atoms with van der Waals surface area (Å²) < 4.78 is 0. The van der Waals surface area contributed by atoms with Crippen LogP contribution in [0.3, 0.4) is 0 Å². The lowest BCUT2D eigenvalue weighted by molar-refractivity contribution is 0.571. The number of benzene rings is 1. The van der Waals surface area contributed by atoms with E-state index in [2.05, 4.69) is 56.9 Å². The van der Waals surface area contributed by atoms with Gasteiger partial charge in [-0.25, -0.2) is 0 Å². The fourth-order valence-corrected chi connectivity index (χ4v) is 1.93. The molecule has 0 amide bonds. The van der Waals surface area contributed by atoms with Crippen LogP contribution in [-0.2, 0) is 0 Å². The Hall–Kier alpha value is -0.910. The van der Waals surface area contributed by atoms with Gasteiger partial charge in [0.15, 0.2) is 0 Å². The van der Waals surface area contributed by atoms with Crippen LogP contribution in [0.2, 0.25) is 0 Å². The normalized spacial score (nSPS) is 12.8. The minimum absolute atomic E-state index is 0.0966.